The molecule has 14 heavy (non-hydrogen) atoms. The normalized spacial score (nSPS) is 9.86. The summed E-state index contributed by atoms with van der Waals surface area (Å²) in [6, 6.07) is 5.08. The SMILES string of the molecule is COCCOc1cccc(Cl)c1C=O. The zero-order valence-corrected chi connectivity index (χ0v) is 8.58. The van der Waals surface area contributed by atoms with Gasteiger partial charge in [0.1, 0.15) is 12.4 Å². The molecule has 0 bridgehead atoms. The van der Waals surface area contributed by atoms with E-state index in [1.54, 1.807) is 25.3 Å². The van der Waals surface area contributed by atoms with Gasteiger partial charge in [-0.2, -0.15) is 0 Å². The summed E-state index contributed by atoms with van der Waals surface area (Å²) < 4.78 is 10.1. The fourth-order valence-electron chi connectivity index (χ4n) is 0.992. The fourth-order valence-corrected chi connectivity index (χ4v) is 1.20. The van der Waals surface area contributed by atoms with Gasteiger partial charge in [-0.15, -0.1) is 0 Å². The van der Waals surface area contributed by atoms with Gasteiger partial charge < -0.3 is 9.47 Å². The van der Waals surface area contributed by atoms with Crippen LogP contribution in [0.25, 0.3) is 0 Å². The fraction of sp³-hybridized carbons (Fsp3) is 0.300. The van der Waals surface area contributed by atoms with E-state index in [1.807, 2.05) is 0 Å². The number of ether oxygens (including phenoxy) is 2. The summed E-state index contributed by atoms with van der Waals surface area (Å²) in [4.78, 5) is 10.7. The van der Waals surface area contributed by atoms with E-state index < -0.39 is 0 Å². The predicted octanol–water partition coefficient (Wildman–Crippen LogP) is 2.18. The molecule has 0 spiro atoms. The highest BCUT2D eigenvalue weighted by Gasteiger charge is 2.06. The maximum Gasteiger partial charge on any atom is 0.155 e. The molecule has 0 saturated carbocycles. The third kappa shape index (κ3) is 2.72. The smallest absolute Gasteiger partial charge is 0.155 e. The quantitative estimate of drug-likeness (QED) is 0.557. The standard InChI is InChI=1S/C10H11ClO3/c1-13-5-6-14-10-4-2-3-9(11)8(10)7-12/h2-4,7H,5-6H2,1H3. The molecule has 0 N–H and O–H groups in total. The van der Waals surface area contributed by atoms with Crippen LogP contribution in [0.3, 0.4) is 0 Å². The van der Waals surface area contributed by atoms with Crippen LogP contribution in [0, 0.1) is 0 Å². The molecule has 76 valence electrons. The van der Waals surface area contributed by atoms with Crippen LogP contribution in [0.15, 0.2) is 18.2 Å². The van der Waals surface area contributed by atoms with Crippen LogP contribution >= 0.6 is 11.6 Å². The van der Waals surface area contributed by atoms with Gasteiger partial charge in [-0.05, 0) is 12.1 Å². The largest absolute Gasteiger partial charge is 0.490 e. The molecular formula is C10H11ClO3. The Balaban J connectivity index is 2.75. The van der Waals surface area contributed by atoms with Gasteiger partial charge >= 0.3 is 0 Å². The van der Waals surface area contributed by atoms with Crippen molar-refractivity contribution in [3.63, 3.8) is 0 Å². The molecule has 0 heterocycles. The molecule has 0 saturated heterocycles. The van der Waals surface area contributed by atoms with Crippen molar-refractivity contribution in [2.24, 2.45) is 0 Å². The van der Waals surface area contributed by atoms with Crippen LogP contribution in [-0.2, 0) is 4.74 Å². The molecule has 0 fully saturated rings. The van der Waals surface area contributed by atoms with E-state index >= 15 is 0 Å². The van der Waals surface area contributed by atoms with E-state index in [9.17, 15) is 4.79 Å². The first-order valence-corrected chi connectivity index (χ1v) is 4.53. The molecule has 0 aromatic heterocycles. The van der Waals surface area contributed by atoms with E-state index in [1.165, 1.54) is 0 Å². The van der Waals surface area contributed by atoms with Crippen molar-refractivity contribution < 1.29 is 14.3 Å². The molecule has 0 unspecified atom stereocenters. The first kappa shape index (κ1) is 11.0. The molecule has 0 aliphatic heterocycles. The lowest BCUT2D eigenvalue weighted by Crippen LogP contribution is -2.05. The minimum atomic E-state index is 0.380. The number of aldehydes is 1. The molecule has 1 aromatic carbocycles. The highest BCUT2D eigenvalue weighted by atomic mass is 35.5. The maximum atomic E-state index is 10.7. The van der Waals surface area contributed by atoms with Gasteiger partial charge in [0.15, 0.2) is 6.29 Å². The van der Waals surface area contributed by atoms with Crippen molar-refractivity contribution in [2.75, 3.05) is 20.3 Å². The zero-order chi connectivity index (χ0) is 10.4. The molecule has 0 aliphatic carbocycles. The van der Waals surface area contributed by atoms with Crippen molar-refractivity contribution >= 4 is 17.9 Å². The predicted molar refractivity (Wildman–Crippen MR) is 54.2 cm³/mol. The number of hydrogen-bond donors (Lipinski definition) is 0. The Hall–Kier alpha value is -1.06. The van der Waals surface area contributed by atoms with E-state index in [0.29, 0.717) is 35.8 Å². The number of hydrogen-bond acceptors (Lipinski definition) is 3. The summed E-state index contributed by atoms with van der Waals surface area (Å²) in [5, 5.41) is 0.398. The third-order valence-electron chi connectivity index (χ3n) is 1.68. The highest BCUT2D eigenvalue weighted by Crippen LogP contribution is 2.24. The molecule has 0 amide bonds. The van der Waals surface area contributed by atoms with Gasteiger partial charge in [0.05, 0.1) is 17.2 Å². The van der Waals surface area contributed by atoms with Gasteiger partial charge in [0, 0.05) is 7.11 Å². The summed E-state index contributed by atoms with van der Waals surface area (Å²) in [6.07, 6.45) is 0.685. The Morgan fingerprint density at radius 3 is 2.86 bits per heavy atom. The number of carbonyl (C=O) groups excluding carboxylic acids is 1. The lowest BCUT2D eigenvalue weighted by Gasteiger charge is -2.08. The topological polar surface area (TPSA) is 35.5 Å². The van der Waals surface area contributed by atoms with Gasteiger partial charge in [0.25, 0.3) is 0 Å². The molecule has 0 aliphatic rings. The number of methoxy groups -OCH3 is 1. The van der Waals surface area contributed by atoms with Crippen molar-refractivity contribution in [3.05, 3.63) is 28.8 Å². The Morgan fingerprint density at radius 1 is 1.43 bits per heavy atom. The van der Waals surface area contributed by atoms with Crippen LogP contribution in [0.2, 0.25) is 5.02 Å². The van der Waals surface area contributed by atoms with Crippen molar-refractivity contribution in [2.45, 2.75) is 0 Å². The second kappa shape index (κ2) is 5.62. The Labute approximate surface area is 87.6 Å². The first-order chi connectivity index (χ1) is 6.79. The Kier molecular flexibility index (Phi) is 4.43. The van der Waals surface area contributed by atoms with E-state index in [-0.39, 0.29) is 0 Å². The molecule has 0 radical (unpaired) electrons. The van der Waals surface area contributed by atoms with Gasteiger partial charge in [-0.25, -0.2) is 0 Å². The van der Waals surface area contributed by atoms with E-state index in [0.717, 1.165) is 0 Å². The molecule has 0 atom stereocenters. The maximum absolute atomic E-state index is 10.7. The van der Waals surface area contributed by atoms with E-state index in [4.69, 9.17) is 21.1 Å². The number of rotatable bonds is 5. The first-order valence-electron chi connectivity index (χ1n) is 4.15. The molecule has 4 heteroatoms. The van der Waals surface area contributed by atoms with Crippen molar-refractivity contribution in [1.29, 1.82) is 0 Å². The van der Waals surface area contributed by atoms with E-state index in [2.05, 4.69) is 0 Å². The monoisotopic (exact) mass is 214 g/mol. The van der Waals surface area contributed by atoms with Gasteiger partial charge in [0.2, 0.25) is 0 Å². The summed E-state index contributed by atoms with van der Waals surface area (Å²) in [5.41, 5.74) is 0.380. The van der Waals surface area contributed by atoms with Gasteiger partial charge in [-0.1, -0.05) is 17.7 Å². The van der Waals surface area contributed by atoms with Crippen LogP contribution in [0.4, 0.5) is 0 Å². The minimum Gasteiger partial charge on any atom is -0.490 e. The lowest BCUT2D eigenvalue weighted by atomic mass is 10.2. The number of halogens is 1. The average molecular weight is 215 g/mol. The van der Waals surface area contributed by atoms with Crippen LogP contribution in [0.1, 0.15) is 10.4 Å². The zero-order valence-electron chi connectivity index (χ0n) is 7.83. The van der Waals surface area contributed by atoms with Crippen LogP contribution in [0.5, 0.6) is 5.75 Å². The summed E-state index contributed by atoms with van der Waals surface area (Å²) in [7, 11) is 1.59. The number of carbonyl (C=O) groups is 1. The van der Waals surface area contributed by atoms with Crippen molar-refractivity contribution in [3.8, 4) is 5.75 Å². The van der Waals surface area contributed by atoms with Crippen LogP contribution in [-0.4, -0.2) is 26.6 Å². The average Bonchev–Trinajstić information content (AvgIpc) is 2.18. The molecule has 1 aromatic rings. The second-order valence-corrected chi connectivity index (χ2v) is 3.02. The van der Waals surface area contributed by atoms with Crippen molar-refractivity contribution in [1.82, 2.24) is 0 Å². The van der Waals surface area contributed by atoms with Gasteiger partial charge in [-0.3, -0.25) is 4.79 Å². The Morgan fingerprint density at radius 2 is 2.21 bits per heavy atom. The minimum absolute atomic E-state index is 0.380. The highest BCUT2D eigenvalue weighted by molar-refractivity contribution is 6.33. The van der Waals surface area contributed by atoms with Crippen LogP contribution < -0.4 is 4.74 Å². The molecule has 3 nitrogen and oxygen atoms in total. The third-order valence-corrected chi connectivity index (χ3v) is 2.01. The summed E-state index contributed by atoms with van der Waals surface area (Å²) >= 11 is 5.80. The summed E-state index contributed by atoms with van der Waals surface area (Å²) in [5.74, 6) is 0.490. The summed E-state index contributed by atoms with van der Waals surface area (Å²) in [6.45, 7) is 0.877. The lowest BCUT2D eigenvalue weighted by molar-refractivity contribution is 0.111. The Bertz CT molecular complexity index is 312. The number of benzene rings is 1. The second-order valence-electron chi connectivity index (χ2n) is 2.61. The molecule has 1 rings (SSSR count). The molecular weight excluding hydrogens is 204 g/mol.